The van der Waals surface area contributed by atoms with E-state index in [1.807, 2.05) is 0 Å². The summed E-state index contributed by atoms with van der Waals surface area (Å²) in [7, 11) is 0. The Hall–Kier alpha value is -0.980. The molecule has 1 fully saturated rings. The molecule has 2 rings (SSSR count). The number of rotatable bonds is 2. The number of benzene rings is 1. The number of aryl methyl sites for hydroxylation is 1. The summed E-state index contributed by atoms with van der Waals surface area (Å²) in [6, 6.07) is 8.33. The quantitative estimate of drug-likeness (QED) is 0.723. The zero-order valence-electron chi connectivity index (χ0n) is 10.8. The molecule has 0 spiro atoms. The zero-order valence-corrected chi connectivity index (χ0v) is 10.8. The van der Waals surface area contributed by atoms with Gasteiger partial charge in [-0.15, -0.1) is 0 Å². The SMILES string of the molecule is Cc1cccc(OC2CC(C(C)(C)C)C2)c1. The molecule has 1 aliphatic rings. The van der Waals surface area contributed by atoms with Crippen LogP contribution in [0.3, 0.4) is 0 Å². The van der Waals surface area contributed by atoms with Crippen LogP contribution in [0, 0.1) is 18.3 Å². The molecule has 0 N–H and O–H groups in total. The van der Waals surface area contributed by atoms with Gasteiger partial charge in [0.2, 0.25) is 0 Å². The van der Waals surface area contributed by atoms with E-state index in [4.69, 9.17) is 4.74 Å². The molecule has 1 aliphatic carbocycles. The van der Waals surface area contributed by atoms with Gasteiger partial charge >= 0.3 is 0 Å². The molecule has 0 atom stereocenters. The van der Waals surface area contributed by atoms with Crippen molar-refractivity contribution in [3.63, 3.8) is 0 Å². The van der Waals surface area contributed by atoms with E-state index in [1.54, 1.807) is 0 Å². The molecule has 1 aromatic carbocycles. The van der Waals surface area contributed by atoms with Crippen molar-refractivity contribution in [1.29, 1.82) is 0 Å². The fourth-order valence-electron chi connectivity index (χ4n) is 2.25. The van der Waals surface area contributed by atoms with E-state index >= 15 is 0 Å². The molecule has 0 heterocycles. The Morgan fingerprint density at radius 1 is 1.19 bits per heavy atom. The van der Waals surface area contributed by atoms with Gasteiger partial charge < -0.3 is 4.74 Å². The number of ether oxygens (including phenoxy) is 1. The van der Waals surface area contributed by atoms with E-state index in [1.165, 1.54) is 18.4 Å². The second-order valence-electron chi connectivity index (χ2n) is 6.09. The van der Waals surface area contributed by atoms with E-state index in [0.29, 0.717) is 11.5 Å². The predicted octanol–water partition coefficient (Wildman–Crippen LogP) is 4.20. The van der Waals surface area contributed by atoms with E-state index in [0.717, 1.165) is 11.7 Å². The first-order valence-corrected chi connectivity index (χ1v) is 6.18. The van der Waals surface area contributed by atoms with Crippen LogP contribution < -0.4 is 4.74 Å². The molecule has 16 heavy (non-hydrogen) atoms. The first kappa shape index (κ1) is 11.5. The molecule has 0 radical (unpaired) electrons. The maximum absolute atomic E-state index is 5.96. The van der Waals surface area contributed by atoms with Gasteiger partial charge in [0.1, 0.15) is 5.75 Å². The number of hydrogen-bond donors (Lipinski definition) is 0. The molecule has 0 aromatic heterocycles. The summed E-state index contributed by atoms with van der Waals surface area (Å²) in [5.41, 5.74) is 1.70. The second kappa shape index (κ2) is 4.12. The molecule has 1 nitrogen and oxygen atoms in total. The van der Waals surface area contributed by atoms with Gasteiger partial charge in [0.05, 0.1) is 6.10 Å². The highest BCUT2D eigenvalue weighted by molar-refractivity contribution is 5.27. The molecular formula is C15H22O. The monoisotopic (exact) mass is 218 g/mol. The van der Waals surface area contributed by atoms with Crippen molar-refractivity contribution in [2.24, 2.45) is 11.3 Å². The fourth-order valence-corrected chi connectivity index (χ4v) is 2.25. The topological polar surface area (TPSA) is 9.23 Å². The highest BCUT2D eigenvalue weighted by Gasteiger charge is 2.38. The molecular weight excluding hydrogens is 196 g/mol. The van der Waals surface area contributed by atoms with Crippen molar-refractivity contribution in [3.05, 3.63) is 29.8 Å². The first-order valence-electron chi connectivity index (χ1n) is 6.18. The Morgan fingerprint density at radius 3 is 2.44 bits per heavy atom. The Labute approximate surface area is 98.8 Å². The Morgan fingerprint density at radius 2 is 1.88 bits per heavy atom. The van der Waals surface area contributed by atoms with Crippen molar-refractivity contribution in [3.8, 4) is 5.75 Å². The Bertz CT molecular complexity index is 356. The molecule has 88 valence electrons. The first-order chi connectivity index (χ1) is 7.45. The van der Waals surface area contributed by atoms with Gasteiger partial charge in [-0.25, -0.2) is 0 Å². The van der Waals surface area contributed by atoms with Gasteiger partial charge in [-0.1, -0.05) is 32.9 Å². The average molecular weight is 218 g/mol. The molecule has 0 saturated heterocycles. The van der Waals surface area contributed by atoms with Gasteiger partial charge in [0, 0.05) is 0 Å². The lowest BCUT2D eigenvalue weighted by atomic mass is 9.67. The summed E-state index contributed by atoms with van der Waals surface area (Å²) >= 11 is 0. The van der Waals surface area contributed by atoms with Gasteiger partial charge in [0.15, 0.2) is 0 Å². The highest BCUT2D eigenvalue weighted by Crippen LogP contribution is 2.42. The van der Waals surface area contributed by atoms with Crippen LogP contribution in [0.5, 0.6) is 5.75 Å². The maximum atomic E-state index is 5.96. The normalized spacial score (nSPS) is 25.0. The standard InChI is InChI=1S/C15H22O/c1-11-6-5-7-13(8-11)16-14-9-12(10-14)15(2,3)4/h5-8,12,14H,9-10H2,1-4H3. The lowest BCUT2D eigenvalue weighted by Crippen LogP contribution is -2.40. The van der Waals surface area contributed by atoms with Crippen molar-refractivity contribution in [2.75, 3.05) is 0 Å². The summed E-state index contributed by atoms with van der Waals surface area (Å²) in [5, 5.41) is 0. The van der Waals surface area contributed by atoms with E-state index in [2.05, 4.69) is 52.0 Å². The fraction of sp³-hybridized carbons (Fsp3) is 0.600. The van der Waals surface area contributed by atoms with Crippen LogP contribution in [-0.2, 0) is 0 Å². The lowest BCUT2D eigenvalue weighted by Gasteiger charge is -2.43. The van der Waals surface area contributed by atoms with Crippen molar-refractivity contribution in [1.82, 2.24) is 0 Å². The van der Waals surface area contributed by atoms with Gasteiger partial charge in [0.25, 0.3) is 0 Å². The second-order valence-corrected chi connectivity index (χ2v) is 6.09. The van der Waals surface area contributed by atoms with E-state index in [-0.39, 0.29) is 0 Å². The van der Waals surface area contributed by atoms with Crippen molar-refractivity contribution >= 4 is 0 Å². The van der Waals surface area contributed by atoms with Crippen LogP contribution in [0.4, 0.5) is 0 Å². The van der Waals surface area contributed by atoms with Gasteiger partial charge in [-0.3, -0.25) is 0 Å². The van der Waals surface area contributed by atoms with Crippen LogP contribution in [-0.4, -0.2) is 6.10 Å². The highest BCUT2D eigenvalue weighted by atomic mass is 16.5. The third-order valence-electron chi connectivity index (χ3n) is 3.61. The van der Waals surface area contributed by atoms with Crippen LogP contribution >= 0.6 is 0 Å². The zero-order chi connectivity index (χ0) is 11.8. The largest absolute Gasteiger partial charge is 0.490 e. The molecule has 0 bridgehead atoms. The summed E-state index contributed by atoms with van der Waals surface area (Å²) < 4.78 is 5.96. The number of hydrogen-bond acceptors (Lipinski definition) is 1. The molecule has 1 aromatic rings. The smallest absolute Gasteiger partial charge is 0.119 e. The molecule has 1 heteroatoms. The minimum atomic E-state index is 0.436. The molecule has 0 aliphatic heterocycles. The van der Waals surface area contributed by atoms with Crippen LogP contribution in [0.15, 0.2) is 24.3 Å². The third-order valence-corrected chi connectivity index (χ3v) is 3.61. The predicted molar refractivity (Wildman–Crippen MR) is 67.8 cm³/mol. The third kappa shape index (κ3) is 2.58. The summed E-state index contributed by atoms with van der Waals surface area (Å²) in [4.78, 5) is 0. The Kier molecular flexibility index (Phi) is 2.96. The Balaban J connectivity index is 1.86. The average Bonchev–Trinajstić information content (AvgIpc) is 2.08. The molecule has 0 unspecified atom stereocenters. The van der Waals surface area contributed by atoms with Crippen molar-refractivity contribution < 1.29 is 4.74 Å². The van der Waals surface area contributed by atoms with Crippen molar-refractivity contribution in [2.45, 2.75) is 46.6 Å². The van der Waals surface area contributed by atoms with Crippen LogP contribution in [0.25, 0.3) is 0 Å². The maximum Gasteiger partial charge on any atom is 0.119 e. The summed E-state index contributed by atoms with van der Waals surface area (Å²) in [6.07, 6.45) is 2.85. The summed E-state index contributed by atoms with van der Waals surface area (Å²) in [5.74, 6) is 1.85. The molecule has 0 amide bonds. The van der Waals surface area contributed by atoms with Gasteiger partial charge in [-0.2, -0.15) is 0 Å². The van der Waals surface area contributed by atoms with Crippen LogP contribution in [0.2, 0.25) is 0 Å². The lowest BCUT2D eigenvalue weighted by molar-refractivity contribution is 0.00730. The van der Waals surface area contributed by atoms with Crippen LogP contribution in [0.1, 0.15) is 39.2 Å². The minimum Gasteiger partial charge on any atom is -0.490 e. The molecule has 1 saturated carbocycles. The minimum absolute atomic E-state index is 0.436. The van der Waals surface area contributed by atoms with Gasteiger partial charge in [-0.05, 0) is 48.8 Å². The summed E-state index contributed by atoms with van der Waals surface area (Å²) in [6.45, 7) is 9.06. The van der Waals surface area contributed by atoms with E-state index < -0.39 is 0 Å². The van der Waals surface area contributed by atoms with E-state index in [9.17, 15) is 0 Å².